The second-order valence-electron chi connectivity index (χ2n) is 5.47. The number of hydrogen-bond donors (Lipinski definition) is 1. The van der Waals surface area contributed by atoms with Crippen molar-refractivity contribution in [2.45, 2.75) is 32.6 Å². The third-order valence-electron chi connectivity index (χ3n) is 3.79. The van der Waals surface area contributed by atoms with E-state index >= 15 is 0 Å². The van der Waals surface area contributed by atoms with Gasteiger partial charge in [-0.2, -0.15) is 0 Å². The summed E-state index contributed by atoms with van der Waals surface area (Å²) in [6, 6.07) is 0. The van der Waals surface area contributed by atoms with E-state index in [2.05, 4.69) is 10.3 Å². The number of ether oxygens (including phenoxy) is 1. The minimum atomic E-state index is -0.324. The molecule has 2 heterocycles. The number of thiophene rings is 1. The molecule has 1 aromatic rings. The van der Waals surface area contributed by atoms with E-state index in [-0.39, 0.29) is 11.9 Å². The van der Waals surface area contributed by atoms with Crippen molar-refractivity contribution in [1.29, 1.82) is 0 Å². The van der Waals surface area contributed by atoms with E-state index in [0.29, 0.717) is 22.9 Å². The van der Waals surface area contributed by atoms with E-state index in [1.165, 1.54) is 28.0 Å². The highest BCUT2D eigenvalue weighted by molar-refractivity contribution is 8.39. The van der Waals surface area contributed by atoms with Crippen LogP contribution >= 0.6 is 34.9 Å². The van der Waals surface area contributed by atoms with Gasteiger partial charge in [0.1, 0.15) is 9.38 Å². The Kier molecular flexibility index (Phi) is 6.24. The minimum absolute atomic E-state index is 0.0978. The van der Waals surface area contributed by atoms with Crippen LogP contribution in [0.3, 0.4) is 0 Å². The van der Waals surface area contributed by atoms with Crippen LogP contribution in [0.4, 0.5) is 5.00 Å². The molecule has 24 heavy (non-hydrogen) atoms. The average Bonchev–Trinajstić information content (AvgIpc) is 3.20. The molecule has 0 bridgehead atoms. The first kappa shape index (κ1) is 17.8. The Morgan fingerprint density at radius 1 is 1.33 bits per heavy atom. The zero-order chi connectivity index (χ0) is 16.9. The molecular formula is C16H20N2O3S3. The standard InChI is InChI=1S/C16H20N2O3S3/c1-2-21-15(20)13-10-5-3-4-6-11(10)24-14(13)18-12(19)9-23-16-17-7-8-22-16/h2-9H2,1H3,(H,18,19). The number of thioether (sulfide) groups is 2. The molecular weight excluding hydrogens is 364 g/mol. The van der Waals surface area contributed by atoms with Crippen molar-refractivity contribution in [2.24, 2.45) is 4.99 Å². The lowest BCUT2D eigenvalue weighted by atomic mass is 9.95. The summed E-state index contributed by atoms with van der Waals surface area (Å²) < 4.78 is 6.18. The predicted octanol–water partition coefficient (Wildman–Crippen LogP) is 3.58. The molecule has 2 aliphatic rings. The number of nitrogens with zero attached hydrogens (tertiary/aromatic N) is 1. The number of carbonyl (C=O) groups excluding carboxylic acids is 2. The van der Waals surface area contributed by atoms with Gasteiger partial charge in [0.2, 0.25) is 5.91 Å². The number of aryl methyl sites for hydroxylation is 1. The smallest absolute Gasteiger partial charge is 0.341 e. The van der Waals surface area contributed by atoms with Gasteiger partial charge in [0, 0.05) is 10.6 Å². The first-order chi connectivity index (χ1) is 11.7. The number of anilines is 1. The SMILES string of the molecule is CCOC(=O)c1c(NC(=O)CSC2=NCCS2)sc2c1CCCC2. The molecule has 1 N–H and O–H groups in total. The normalized spacial score (nSPS) is 16.5. The summed E-state index contributed by atoms with van der Waals surface area (Å²) in [5.74, 6) is 0.889. The largest absolute Gasteiger partial charge is 0.462 e. The van der Waals surface area contributed by atoms with E-state index < -0.39 is 0 Å². The van der Waals surface area contributed by atoms with Crippen LogP contribution < -0.4 is 5.32 Å². The van der Waals surface area contributed by atoms with Crippen molar-refractivity contribution in [2.75, 3.05) is 30.0 Å². The van der Waals surface area contributed by atoms with Gasteiger partial charge in [-0.3, -0.25) is 9.79 Å². The number of aliphatic imine (C=N–C) groups is 1. The van der Waals surface area contributed by atoms with Gasteiger partial charge in [-0.25, -0.2) is 4.79 Å². The lowest BCUT2D eigenvalue weighted by molar-refractivity contribution is -0.113. The monoisotopic (exact) mass is 384 g/mol. The summed E-state index contributed by atoms with van der Waals surface area (Å²) in [5.41, 5.74) is 1.64. The van der Waals surface area contributed by atoms with E-state index in [1.807, 2.05) is 0 Å². The molecule has 0 saturated heterocycles. The fraction of sp³-hybridized carbons (Fsp3) is 0.562. The third kappa shape index (κ3) is 4.15. The van der Waals surface area contributed by atoms with Gasteiger partial charge >= 0.3 is 5.97 Å². The maximum absolute atomic E-state index is 12.4. The molecule has 0 fully saturated rings. The lowest BCUT2D eigenvalue weighted by Gasteiger charge is -2.12. The number of hydrogen-bond acceptors (Lipinski definition) is 7. The molecule has 0 radical (unpaired) electrons. The fourth-order valence-corrected chi connectivity index (χ4v) is 5.87. The highest BCUT2D eigenvalue weighted by Gasteiger charge is 2.27. The number of amides is 1. The molecule has 0 saturated carbocycles. The third-order valence-corrected chi connectivity index (χ3v) is 7.25. The summed E-state index contributed by atoms with van der Waals surface area (Å²) in [6.45, 7) is 2.97. The number of nitrogens with one attached hydrogen (secondary N) is 1. The quantitative estimate of drug-likeness (QED) is 0.786. The zero-order valence-electron chi connectivity index (χ0n) is 13.6. The van der Waals surface area contributed by atoms with E-state index in [4.69, 9.17) is 4.74 Å². The highest BCUT2D eigenvalue weighted by atomic mass is 32.2. The molecule has 3 rings (SSSR count). The first-order valence-electron chi connectivity index (χ1n) is 8.10. The molecule has 130 valence electrons. The van der Waals surface area contributed by atoms with Crippen LogP contribution in [0.2, 0.25) is 0 Å². The lowest BCUT2D eigenvalue weighted by Crippen LogP contribution is -2.17. The van der Waals surface area contributed by atoms with E-state index in [1.54, 1.807) is 18.7 Å². The fourth-order valence-electron chi connectivity index (χ4n) is 2.77. The van der Waals surface area contributed by atoms with Gasteiger partial charge in [-0.1, -0.05) is 23.5 Å². The second-order valence-corrected chi connectivity index (χ2v) is 8.88. The molecule has 0 unspecified atom stereocenters. The van der Waals surface area contributed by atoms with E-state index in [9.17, 15) is 9.59 Å². The minimum Gasteiger partial charge on any atom is -0.462 e. The summed E-state index contributed by atoms with van der Waals surface area (Å²) in [4.78, 5) is 30.2. The van der Waals surface area contributed by atoms with Gasteiger partial charge < -0.3 is 10.1 Å². The van der Waals surface area contributed by atoms with Crippen molar-refractivity contribution in [3.8, 4) is 0 Å². The molecule has 1 aliphatic heterocycles. The van der Waals surface area contributed by atoms with Crippen molar-refractivity contribution in [1.82, 2.24) is 0 Å². The Hall–Kier alpha value is -0.990. The number of rotatable bonds is 5. The van der Waals surface area contributed by atoms with Gasteiger partial charge in [0.15, 0.2) is 0 Å². The Bertz CT molecular complexity index is 670. The summed E-state index contributed by atoms with van der Waals surface area (Å²) in [7, 11) is 0. The molecule has 5 nitrogen and oxygen atoms in total. The van der Waals surface area contributed by atoms with Crippen LogP contribution in [0.5, 0.6) is 0 Å². The Morgan fingerprint density at radius 3 is 2.92 bits per heavy atom. The maximum atomic E-state index is 12.4. The Morgan fingerprint density at radius 2 is 2.17 bits per heavy atom. The molecule has 0 aromatic carbocycles. The van der Waals surface area contributed by atoms with Gasteiger partial charge in [-0.15, -0.1) is 11.3 Å². The number of fused-ring (bicyclic) bond motifs is 1. The zero-order valence-corrected chi connectivity index (χ0v) is 16.0. The van der Waals surface area contributed by atoms with Crippen molar-refractivity contribution >= 4 is 56.1 Å². The first-order valence-corrected chi connectivity index (χ1v) is 10.9. The van der Waals surface area contributed by atoms with Crippen molar-refractivity contribution in [3.63, 3.8) is 0 Å². The molecule has 0 atom stereocenters. The van der Waals surface area contributed by atoms with Crippen molar-refractivity contribution < 1.29 is 14.3 Å². The van der Waals surface area contributed by atoms with Gasteiger partial charge in [-0.05, 0) is 38.2 Å². The highest BCUT2D eigenvalue weighted by Crippen LogP contribution is 2.38. The van der Waals surface area contributed by atoms with Crippen LogP contribution in [-0.2, 0) is 22.4 Å². The summed E-state index contributed by atoms with van der Waals surface area (Å²) >= 11 is 4.67. The maximum Gasteiger partial charge on any atom is 0.341 e. The van der Waals surface area contributed by atoms with Crippen LogP contribution in [0.15, 0.2) is 4.99 Å². The number of esters is 1. The topological polar surface area (TPSA) is 67.8 Å². The predicted molar refractivity (Wildman–Crippen MR) is 103 cm³/mol. The molecule has 8 heteroatoms. The molecule has 1 aromatic heterocycles. The molecule has 1 amide bonds. The van der Waals surface area contributed by atoms with Crippen LogP contribution in [0.1, 0.15) is 40.6 Å². The average molecular weight is 385 g/mol. The van der Waals surface area contributed by atoms with Crippen molar-refractivity contribution in [3.05, 3.63) is 16.0 Å². The van der Waals surface area contributed by atoms with Gasteiger partial charge in [0.25, 0.3) is 0 Å². The van der Waals surface area contributed by atoms with Crippen LogP contribution in [0.25, 0.3) is 0 Å². The second kappa shape index (κ2) is 8.40. The Balaban J connectivity index is 1.72. The van der Waals surface area contributed by atoms with Crippen LogP contribution in [-0.4, -0.2) is 40.9 Å². The Labute approximate surface area is 154 Å². The summed E-state index contributed by atoms with van der Waals surface area (Å²) in [6.07, 6.45) is 4.08. The van der Waals surface area contributed by atoms with Gasteiger partial charge in [0.05, 0.1) is 24.5 Å². The summed E-state index contributed by atoms with van der Waals surface area (Å²) in [5, 5.41) is 3.57. The molecule has 1 aliphatic carbocycles. The van der Waals surface area contributed by atoms with E-state index in [0.717, 1.165) is 47.9 Å². The number of carbonyl (C=O) groups is 2. The van der Waals surface area contributed by atoms with Crippen LogP contribution in [0, 0.1) is 0 Å². The molecule has 0 spiro atoms.